The van der Waals surface area contributed by atoms with E-state index in [1.807, 2.05) is 74.5 Å². The number of benzene rings is 2. The van der Waals surface area contributed by atoms with Crippen LogP contribution in [0.1, 0.15) is 58.6 Å². The molecule has 2 aromatic rings. The zero-order valence-corrected chi connectivity index (χ0v) is 24.0. The van der Waals surface area contributed by atoms with Gasteiger partial charge in [-0.15, -0.1) is 0 Å². The minimum Gasteiger partial charge on any atom is -0.460 e. The van der Waals surface area contributed by atoms with Gasteiger partial charge in [0.2, 0.25) is 0 Å². The summed E-state index contributed by atoms with van der Waals surface area (Å²) in [5, 5.41) is 0. The number of likely N-dealkylation sites (tertiary alicyclic amines) is 1. The van der Waals surface area contributed by atoms with Gasteiger partial charge < -0.3 is 19.0 Å². The van der Waals surface area contributed by atoms with Crippen LogP contribution in [-0.2, 0) is 37.0 Å². The van der Waals surface area contributed by atoms with E-state index in [1.165, 1.54) is 0 Å². The van der Waals surface area contributed by atoms with Crippen molar-refractivity contribution in [2.45, 2.75) is 89.9 Å². The van der Waals surface area contributed by atoms with Gasteiger partial charge in [-0.1, -0.05) is 60.7 Å². The van der Waals surface area contributed by atoms with E-state index in [9.17, 15) is 14.4 Å². The highest BCUT2D eigenvalue weighted by atomic mass is 16.6. The Labute approximate surface area is 232 Å². The van der Waals surface area contributed by atoms with Crippen LogP contribution < -0.4 is 0 Å². The lowest BCUT2D eigenvalue weighted by Gasteiger charge is -2.45. The zero-order valence-electron chi connectivity index (χ0n) is 24.0. The van der Waals surface area contributed by atoms with Crippen molar-refractivity contribution >= 4 is 18.3 Å². The van der Waals surface area contributed by atoms with Crippen molar-refractivity contribution in [2.75, 3.05) is 13.7 Å². The van der Waals surface area contributed by atoms with Crippen molar-refractivity contribution in [2.24, 2.45) is 0 Å². The minimum atomic E-state index is -1.17. The molecule has 1 amide bonds. The van der Waals surface area contributed by atoms with Crippen molar-refractivity contribution in [1.82, 2.24) is 9.80 Å². The Morgan fingerprint density at radius 2 is 1.62 bits per heavy atom. The van der Waals surface area contributed by atoms with Crippen LogP contribution in [0.15, 0.2) is 60.7 Å². The highest BCUT2D eigenvalue weighted by Gasteiger charge is 2.54. The molecule has 1 fully saturated rings. The van der Waals surface area contributed by atoms with Gasteiger partial charge in [0.25, 0.3) is 0 Å². The maximum absolute atomic E-state index is 13.4. The number of likely N-dealkylation sites (N-methyl/N-ethyl adjacent to an activating group) is 1. The Kier molecular flexibility index (Phi) is 10.3. The van der Waals surface area contributed by atoms with Gasteiger partial charge in [0, 0.05) is 12.1 Å². The van der Waals surface area contributed by atoms with Crippen molar-refractivity contribution in [3.8, 4) is 0 Å². The maximum Gasteiger partial charge on any atom is 0.411 e. The van der Waals surface area contributed by atoms with Crippen molar-refractivity contribution in [3.63, 3.8) is 0 Å². The predicted molar refractivity (Wildman–Crippen MR) is 149 cm³/mol. The molecule has 0 bridgehead atoms. The lowest BCUT2D eigenvalue weighted by atomic mass is 9.88. The average molecular weight is 539 g/mol. The molecule has 1 heterocycles. The second kappa shape index (κ2) is 13.2. The number of hydrogen-bond acceptors (Lipinski definition) is 7. The minimum absolute atomic E-state index is 0.0558. The van der Waals surface area contributed by atoms with Crippen LogP contribution >= 0.6 is 0 Å². The summed E-state index contributed by atoms with van der Waals surface area (Å²) in [5.74, 6) is -0.461. The topological polar surface area (TPSA) is 85.4 Å². The van der Waals surface area contributed by atoms with E-state index >= 15 is 0 Å². The Bertz CT molecular complexity index is 1090. The summed E-state index contributed by atoms with van der Waals surface area (Å²) in [7, 11) is 1.77. The van der Waals surface area contributed by atoms with E-state index in [0.717, 1.165) is 17.4 Å². The van der Waals surface area contributed by atoms with E-state index < -0.39 is 35.3 Å². The quantitative estimate of drug-likeness (QED) is 0.294. The van der Waals surface area contributed by atoms with Crippen LogP contribution in [0.5, 0.6) is 0 Å². The average Bonchev–Trinajstić information content (AvgIpc) is 3.26. The van der Waals surface area contributed by atoms with Crippen molar-refractivity contribution < 1.29 is 28.6 Å². The third kappa shape index (κ3) is 7.67. The summed E-state index contributed by atoms with van der Waals surface area (Å²) in [6.45, 7) is 9.67. The molecule has 39 heavy (non-hydrogen) atoms. The first-order chi connectivity index (χ1) is 18.5. The molecular weight excluding hydrogens is 496 g/mol. The molecule has 2 aromatic carbocycles. The molecular formula is C31H42N2O6. The van der Waals surface area contributed by atoms with Crippen LogP contribution in [-0.4, -0.2) is 71.1 Å². The van der Waals surface area contributed by atoms with E-state index in [2.05, 4.69) is 0 Å². The van der Waals surface area contributed by atoms with Crippen molar-refractivity contribution in [3.05, 3.63) is 71.8 Å². The third-order valence-corrected chi connectivity index (χ3v) is 7.36. The molecule has 3 unspecified atom stereocenters. The molecule has 0 aromatic heterocycles. The summed E-state index contributed by atoms with van der Waals surface area (Å²) in [4.78, 5) is 42.8. The summed E-state index contributed by atoms with van der Waals surface area (Å²) >= 11 is 0. The number of carbonyl (C=O) groups is 3. The number of rotatable bonds is 11. The van der Waals surface area contributed by atoms with Gasteiger partial charge in [-0.05, 0) is 65.6 Å². The first-order valence-electron chi connectivity index (χ1n) is 13.5. The summed E-state index contributed by atoms with van der Waals surface area (Å²) in [6.07, 6.45) is 1.39. The fraction of sp³-hybridized carbons (Fsp3) is 0.516. The Morgan fingerprint density at radius 1 is 1.05 bits per heavy atom. The van der Waals surface area contributed by atoms with Crippen LogP contribution in [0, 0.1) is 0 Å². The highest BCUT2D eigenvalue weighted by molar-refractivity contribution is 5.80. The van der Waals surface area contributed by atoms with Gasteiger partial charge in [0.05, 0.1) is 13.2 Å². The third-order valence-electron chi connectivity index (χ3n) is 7.36. The normalized spacial score (nSPS) is 20.9. The summed E-state index contributed by atoms with van der Waals surface area (Å²) < 4.78 is 17.4. The van der Waals surface area contributed by atoms with Crippen LogP contribution in [0.3, 0.4) is 0 Å². The highest BCUT2D eigenvalue weighted by Crippen LogP contribution is 2.38. The number of aldehydes is 1. The number of ether oxygens (including phenoxy) is 3. The molecule has 8 nitrogen and oxygen atoms in total. The lowest BCUT2D eigenvalue weighted by Crippen LogP contribution is -2.64. The Balaban J connectivity index is 1.83. The van der Waals surface area contributed by atoms with Gasteiger partial charge in [-0.2, -0.15) is 0 Å². The van der Waals surface area contributed by atoms with Crippen LogP contribution in [0.25, 0.3) is 0 Å². The smallest absolute Gasteiger partial charge is 0.411 e. The summed E-state index contributed by atoms with van der Waals surface area (Å²) in [6, 6.07) is 17.6. The number of amides is 1. The molecule has 1 aliphatic heterocycles. The van der Waals surface area contributed by atoms with Crippen LogP contribution in [0.4, 0.5) is 4.79 Å². The standard InChI is InChI=1S/C31H42N2O6/c1-23-17-18-31(22-34,33(23)29(36)39-30(3,4)5)24(2)32(6)27(21-37-19-25-13-9-7-10-14-25)28(35)38-20-26-15-11-8-12-16-26/h7-16,22-24,27H,17-21H2,1-6H3/t23?,24?,27-,31?/m0/s1. The summed E-state index contributed by atoms with van der Waals surface area (Å²) in [5.41, 5.74) is -0.0307. The second-order valence-corrected chi connectivity index (χ2v) is 11.3. The molecule has 0 aliphatic carbocycles. The second-order valence-electron chi connectivity index (χ2n) is 11.3. The Hall–Kier alpha value is -3.23. The fourth-order valence-corrected chi connectivity index (χ4v) is 5.05. The van der Waals surface area contributed by atoms with Gasteiger partial charge in [-0.25, -0.2) is 4.79 Å². The van der Waals surface area contributed by atoms with Gasteiger partial charge in [0.15, 0.2) is 0 Å². The number of esters is 1. The molecule has 0 radical (unpaired) electrons. The fourth-order valence-electron chi connectivity index (χ4n) is 5.05. The molecule has 1 saturated heterocycles. The monoisotopic (exact) mass is 538 g/mol. The lowest BCUT2D eigenvalue weighted by molar-refractivity contribution is -0.156. The van der Waals surface area contributed by atoms with E-state index in [0.29, 0.717) is 19.4 Å². The molecule has 0 spiro atoms. The predicted octanol–water partition coefficient (Wildman–Crippen LogP) is 4.99. The molecule has 8 heteroatoms. The van der Waals surface area contributed by atoms with E-state index in [-0.39, 0.29) is 19.3 Å². The molecule has 212 valence electrons. The maximum atomic E-state index is 13.4. The number of hydrogen-bond donors (Lipinski definition) is 0. The molecule has 0 saturated carbocycles. The first kappa shape index (κ1) is 30.3. The van der Waals surface area contributed by atoms with Crippen LogP contribution in [0.2, 0.25) is 0 Å². The molecule has 0 N–H and O–H groups in total. The molecule has 4 atom stereocenters. The zero-order chi connectivity index (χ0) is 28.6. The van der Waals surface area contributed by atoms with E-state index in [4.69, 9.17) is 14.2 Å². The number of nitrogens with zero attached hydrogens (tertiary/aromatic N) is 2. The molecule has 1 aliphatic rings. The van der Waals surface area contributed by atoms with E-state index in [1.54, 1.807) is 37.6 Å². The first-order valence-corrected chi connectivity index (χ1v) is 13.5. The largest absolute Gasteiger partial charge is 0.460 e. The Morgan fingerprint density at radius 3 is 2.15 bits per heavy atom. The number of carbonyl (C=O) groups excluding carboxylic acids is 3. The van der Waals surface area contributed by atoms with Gasteiger partial charge in [0.1, 0.15) is 30.1 Å². The van der Waals surface area contributed by atoms with Gasteiger partial charge in [-0.3, -0.25) is 14.6 Å². The van der Waals surface area contributed by atoms with Gasteiger partial charge >= 0.3 is 12.1 Å². The van der Waals surface area contributed by atoms with Crippen molar-refractivity contribution in [1.29, 1.82) is 0 Å². The molecule has 3 rings (SSSR count). The SMILES string of the molecule is CC1CCC(C=O)(C(C)N(C)[C@@H](COCc2ccccc2)C(=O)OCc2ccccc2)N1C(=O)OC(C)(C)C.